The molecule has 0 aromatic heterocycles. The highest BCUT2D eigenvalue weighted by Crippen LogP contribution is 2.41. The van der Waals surface area contributed by atoms with E-state index in [1.54, 1.807) is 0 Å². The van der Waals surface area contributed by atoms with E-state index in [0.717, 1.165) is 5.57 Å². The van der Waals surface area contributed by atoms with Crippen LogP contribution in [0, 0.1) is 0 Å². The molecule has 2 aliphatic heterocycles. The minimum atomic E-state index is -0.876. The molecule has 0 unspecified atom stereocenters. The molecule has 0 aliphatic carbocycles. The van der Waals surface area contributed by atoms with E-state index in [1.807, 2.05) is 33.8 Å². The van der Waals surface area contributed by atoms with Crippen LogP contribution in [0.3, 0.4) is 0 Å². The van der Waals surface area contributed by atoms with Crippen LogP contribution in [0.4, 0.5) is 4.79 Å². The summed E-state index contributed by atoms with van der Waals surface area (Å²) < 4.78 is 11.9. The van der Waals surface area contributed by atoms with Crippen molar-refractivity contribution in [1.29, 1.82) is 0 Å². The van der Waals surface area contributed by atoms with Gasteiger partial charge in [-0.2, -0.15) is 0 Å². The van der Waals surface area contributed by atoms with Crippen LogP contribution in [0.25, 0.3) is 0 Å². The molecular formula is C13H21NO4. The van der Waals surface area contributed by atoms with Gasteiger partial charge in [0.25, 0.3) is 0 Å². The molecule has 2 heterocycles. The Labute approximate surface area is 107 Å². The SMILES string of the molecule is CC1(C)OC(C2=CCN(C(=O)O)CC2)OC1(C)C. The molecule has 18 heavy (non-hydrogen) atoms. The lowest BCUT2D eigenvalue weighted by atomic mass is 9.90. The summed E-state index contributed by atoms with van der Waals surface area (Å²) in [5.41, 5.74) is 0.358. The molecule has 2 rings (SSSR count). The number of hydrogen-bond donors (Lipinski definition) is 1. The highest BCUT2D eigenvalue weighted by molar-refractivity contribution is 5.65. The van der Waals surface area contributed by atoms with Crippen LogP contribution in [0.1, 0.15) is 34.1 Å². The van der Waals surface area contributed by atoms with Crippen molar-refractivity contribution < 1.29 is 19.4 Å². The molecule has 5 nitrogen and oxygen atoms in total. The van der Waals surface area contributed by atoms with Gasteiger partial charge >= 0.3 is 6.09 Å². The Hall–Kier alpha value is -1.07. The third-order valence-corrected chi connectivity index (χ3v) is 4.07. The lowest BCUT2D eigenvalue weighted by molar-refractivity contribution is -0.0623. The summed E-state index contributed by atoms with van der Waals surface area (Å²) in [5, 5.41) is 8.89. The van der Waals surface area contributed by atoms with Gasteiger partial charge in [0.05, 0.1) is 11.2 Å². The van der Waals surface area contributed by atoms with Crippen LogP contribution in [0.2, 0.25) is 0 Å². The fourth-order valence-corrected chi connectivity index (χ4v) is 2.07. The Morgan fingerprint density at radius 2 is 1.89 bits per heavy atom. The average molecular weight is 255 g/mol. The smallest absolute Gasteiger partial charge is 0.407 e. The molecule has 2 aliphatic rings. The van der Waals surface area contributed by atoms with Crippen molar-refractivity contribution in [3.63, 3.8) is 0 Å². The molecule has 0 aromatic carbocycles. The van der Waals surface area contributed by atoms with Crippen LogP contribution in [-0.2, 0) is 9.47 Å². The van der Waals surface area contributed by atoms with Crippen LogP contribution < -0.4 is 0 Å². The first-order valence-corrected chi connectivity index (χ1v) is 6.25. The molecule has 0 radical (unpaired) electrons. The zero-order valence-corrected chi connectivity index (χ0v) is 11.4. The van der Waals surface area contributed by atoms with Crippen molar-refractivity contribution in [2.24, 2.45) is 0 Å². The minimum absolute atomic E-state index is 0.342. The summed E-state index contributed by atoms with van der Waals surface area (Å²) in [6.45, 7) is 8.97. The average Bonchev–Trinajstić information content (AvgIpc) is 2.48. The summed E-state index contributed by atoms with van der Waals surface area (Å²) in [7, 11) is 0. The van der Waals surface area contributed by atoms with Crippen molar-refractivity contribution in [2.45, 2.75) is 51.6 Å². The summed E-state index contributed by atoms with van der Waals surface area (Å²) in [4.78, 5) is 12.2. The zero-order valence-electron chi connectivity index (χ0n) is 11.4. The molecule has 0 saturated carbocycles. The van der Waals surface area contributed by atoms with E-state index in [9.17, 15) is 4.79 Å². The maximum Gasteiger partial charge on any atom is 0.407 e. The van der Waals surface area contributed by atoms with E-state index in [1.165, 1.54) is 4.90 Å². The number of nitrogens with zero attached hydrogens (tertiary/aromatic N) is 1. The molecule has 1 amide bonds. The predicted octanol–water partition coefficient (Wildman–Crippen LogP) is 2.23. The number of carbonyl (C=O) groups is 1. The van der Waals surface area contributed by atoms with E-state index in [0.29, 0.717) is 19.5 Å². The zero-order chi connectivity index (χ0) is 13.6. The predicted molar refractivity (Wildman–Crippen MR) is 66.4 cm³/mol. The quantitative estimate of drug-likeness (QED) is 0.730. The first-order chi connectivity index (χ1) is 8.23. The molecule has 1 saturated heterocycles. The van der Waals surface area contributed by atoms with Crippen molar-refractivity contribution >= 4 is 6.09 Å². The Morgan fingerprint density at radius 3 is 2.28 bits per heavy atom. The second-order valence-electron chi connectivity index (χ2n) is 5.85. The molecule has 102 valence electrons. The molecular weight excluding hydrogens is 234 g/mol. The number of rotatable bonds is 1. The number of carboxylic acid groups (broad SMARTS) is 1. The van der Waals surface area contributed by atoms with Crippen LogP contribution >= 0.6 is 0 Å². The molecule has 1 fully saturated rings. The molecule has 5 heteroatoms. The van der Waals surface area contributed by atoms with Crippen molar-refractivity contribution in [3.8, 4) is 0 Å². The molecule has 0 bridgehead atoms. The first-order valence-electron chi connectivity index (χ1n) is 6.25. The van der Waals surface area contributed by atoms with Crippen LogP contribution in [-0.4, -0.2) is 46.7 Å². The Balaban J connectivity index is 2.06. The molecule has 0 atom stereocenters. The number of amides is 1. The molecule has 0 spiro atoms. The topological polar surface area (TPSA) is 59.0 Å². The molecule has 0 aromatic rings. The lowest BCUT2D eigenvalue weighted by Gasteiger charge is -2.30. The fraction of sp³-hybridized carbons (Fsp3) is 0.769. The summed E-state index contributed by atoms with van der Waals surface area (Å²) >= 11 is 0. The standard InChI is InChI=1S/C13H21NO4/c1-12(2)13(3,4)18-10(17-12)9-5-7-14(8-6-9)11(15)16/h5,10H,6-8H2,1-4H3,(H,15,16). The van der Waals surface area contributed by atoms with Crippen LogP contribution in [0.5, 0.6) is 0 Å². The monoisotopic (exact) mass is 255 g/mol. The minimum Gasteiger partial charge on any atom is -0.465 e. The molecule has 1 N–H and O–H groups in total. The Kier molecular flexibility index (Phi) is 3.15. The second kappa shape index (κ2) is 4.24. The first kappa shape index (κ1) is 13.4. The lowest BCUT2D eigenvalue weighted by Crippen LogP contribution is -2.41. The van der Waals surface area contributed by atoms with E-state index < -0.39 is 6.09 Å². The van der Waals surface area contributed by atoms with Gasteiger partial charge in [-0.25, -0.2) is 4.79 Å². The van der Waals surface area contributed by atoms with Gasteiger partial charge in [0.1, 0.15) is 0 Å². The highest BCUT2D eigenvalue weighted by Gasteiger charge is 2.50. The van der Waals surface area contributed by atoms with Gasteiger partial charge in [0.2, 0.25) is 0 Å². The van der Waals surface area contributed by atoms with E-state index in [-0.39, 0.29) is 17.5 Å². The van der Waals surface area contributed by atoms with Gasteiger partial charge < -0.3 is 19.5 Å². The third kappa shape index (κ3) is 2.24. The van der Waals surface area contributed by atoms with Gasteiger partial charge in [-0.05, 0) is 39.7 Å². The Bertz CT molecular complexity index is 370. The van der Waals surface area contributed by atoms with Crippen molar-refractivity contribution in [3.05, 3.63) is 11.6 Å². The van der Waals surface area contributed by atoms with Gasteiger partial charge in [-0.3, -0.25) is 0 Å². The fourth-order valence-electron chi connectivity index (χ4n) is 2.07. The van der Waals surface area contributed by atoms with Gasteiger partial charge in [0.15, 0.2) is 6.29 Å². The maximum atomic E-state index is 10.8. The van der Waals surface area contributed by atoms with E-state index in [4.69, 9.17) is 14.6 Å². The third-order valence-electron chi connectivity index (χ3n) is 4.07. The normalized spacial score (nSPS) is 27.1. The van der Waals surface area contributed by atoms with E-state index in [2.05, 4.69) is 0 Å². The number of ether oxygens (including phenoxy) is 2. The highest BCUT2D eigenvalue weighted by atomic mass is 16.7. The van der Waals surface area contributed by atoms with E-state index >= 15 is 0 Å². The van der Waals surface area contributed by atoms with Gasteiger partial charge in [-0.1, -0.05) is 6.08 Å². The second-order valence-corrected chi connectivity index (χ2v) is 5.85. The van der Waals surface area contributed by atoms with Gasteiger partial charge in [-0.15, -0.1) is 0 Å². The van der Waals surface area contributed by atoms with Crippen molar-refractivity contribution in [1.82, 2.24) is 4.90 Å². The summed E-state index contributed by atoms with van der Waals surface area (Å²) in [6, 6.07) is 0. The maximum absolute atomic E-state index is 10.8. The van der Waals surface area contributed by atoms with Gasteiger partial charge in [0, 0.05) is 13.1 Å². The Morgan fingerprint density at radius 1 is 1.33 bits per heavy atom. The van der Waals surface area contributed by atoms with Crippen molar-refractivity contribution in [2.75, 3.05) is 13.1 Å². The summed E-state index contributed by atoms with van der Waals surface area (Å²) in [6.07, 6.45) is 1.35. The van der Waals surface area contributed by atoms with Crippen LogP contribution in [0.15, 0.2) is 11.6 Å². The number of hydrogen-bond acceptors (Lipinski definition) is 3. The largest absolute Gasteiger partial charge is 0.465 e. The summed E-state index contributed by atoms with van der Waals surface area (Å²) in [5.74, 6) is 0.